The summed E-state index contributed by atoms with van der Waals surface area (Å²) in [5.41, 5.74) is -0.568. The highest BCUT2D eigenvalue weighted by molar-refractivity contribution is 14.1. The van der Waals surface area contributed by atoms with Gasteiger partial charge in [0.15, 0.2) is 0 Å². The van der Waals surface area contributed by atoms with Gasteiger partial charge in [-0.05, 0) is 34.7 Å². The molecule has 0 heterocycles. The Balaban J connectivity index is 3.33. The van der Waals surface area contributed by atoms with E-state index < -0.39 is 17.8 Å². The molecule has 0 aliphatic rings. The summed E-state index contributed by atoms with van der Waals surface area (Å²) in [6.07, 6.45) is -2.78. The summed E-state index contributed by atoms with van der Waals surface area (Å²) in [5, 5.41) is 0. The lowest BCUT2D eigenvalue weighted by Crippen LogP contribution is -1.94. The molecule has 12 heavy (non-hydrogen) atoms. The average Bonchev–Trinajstić information content (AvgIpc) is 1.97. The molecule has 0 nitrogen and oxygen atoms in total. The average molecular weight is 351 g/mol. The van der Waals surface area contributed by atoms with E-state index in [1.54, 1.807) is 22.6 Å². The molecule has 1 aromatic carbocycles. The predicted octanol–water partition coefficient (Wildman–Crippen LogP) is 4.13. The molecule has 0 N–H and O–H groups in total. The molecule has 0 spiro atoms. The van der Waals surface area contributed by atoms with Crippen molar-refractivity contribution >= 4 is 38.5 Å². The molecule has 0 aliphatic carbocycles. The molecule has 66 valence electrons. The quantitative estimate of drug-likeness (QED) is 0.527. The SMILES string of the molecule is Fc1c(I)ccc(Br)c1C(F)F. The summed E-state index contributed by atoms with van der Waals surface area (Å²) in [4.78, 5) is 0. The normalized spacial score (nSPS) is 10.8. The first-order valence-corrected chi connectivity index (χ1v) is 4.82. The standard InChI is InChI=1S/C7H3BrF3I/c8-3-1-2-4(12)6(9)5(3)7(10)11/h1-2,7H. The van der Waals surface area contributed by atoms with E-state index >= 15 is 0 Å². The van der Waals surface area contributed by atoms with Gasteiger partial charge in [-0.3, -0.25) is 0 Å². The molecule has 1 rings (SSSR count). The van der Waals surface area contributed by atoms with Gasteiger partial charge in [0.1, 0.15) is 5.82 Å². The summed E-state index contributed by atoms with van der Waals surface area (Å²) in [7, 11) is 0. The Kier molecular flexibility index (Phi) is 3.39. The fourth-order valence-electron chi connectivity index (χ4n) is 0.743. The van der Waals surface area contributed by atoms with Crippen molar-refractivity contribution in [2.75, 3.05) is 0 Å². The van der Waals surface area contributed by atoms with Crippen LogP contribution in [0.15, 0.2) is 16.6 Å². The predicted molar refractivity (Wildman–Crippen MR) is 51.8 cm³/mol. The monoisotopic (exact) mass is 350 g/mol. The van der Waals surface area contributed by atoms with Crippen LogP contribution < -0.4 is 0 Å². The first kappa shape index (κ1) is 10.3. The summed E-state index contributed by atoms with van der Waals surface area (Å²) in [6, 6.07) is 2.85. The molecule has 0 amide bonds. The lowest BCUT2D eigenvalue weighted by molar-refractivity contribution is 0.145. The molecular weight excluding hydrogens is 348 g/mol. The molecular formula is C7H3BrF3I. The second kappa shape index (κ2) is 3.95. The highest BCUT2D eigenvalue weighted by atomic mass is 127. The minimum Gasteiger partial charge on any atom is -0.205 e. The summed E-state index contributed by atoms with van der Waals surface area (Å²) < 4.78 is 37.7. The highest BCUT2D eigenvalue weighted by Crippen LogP contribution is 2.31. The van der Waals surface area contributed by atoms with Gasteiger partial charge in [0, 0.05) is 8.04 Å². The van der Waals surface area contributed by atoms with Crippen molar-refractivity contribution < 1.29 is 13.2 Å². The third-order valence-corrected chi connectivity index (χ3v) is 2.82. The number of hydrogen-bond acceptors (Lipinski definition) is 0. The summed E-state index contributed by atoms with van der Waals surface area (Å²) in [5.74, 6) is -0.847. The Hall–Kier alpha value is 0.220. The minimum atomic E-state index is -2.78. The van der Waals surface area contributed by atoms with Crippen LogP contribution in [0.4, 0.5) is 13.2 Å². The zero-order valence-electron chi connectivity index (χ0n) is 5.62. The van der Waals surface area contributed by atoms with Crippen LogP contribution in [0.2, 0.25) is 0 Å². The lowest BCUT2D eigenvalue weighted by atomic mass is 10.2. The van der Waals surface area contributed by atoms with Crippen LogP contribution in [0, 0.1) is 9.39 Å². The van der Waals surface area contributed by atoms with E-state index in [4.69, 9.17) is 0 Å². The van der Waals surface area contributed by atoms with Crippen molar-refractivity contribution in [1.29, 1.82) is 0 Å². The van der Waals surface area contributed by atoms with Gasteiger partial charge in [-0.1, -0.05) is 15.9 Å². The van der Waals surface area contributed by atoms with Crippen LogP contribution in [0.5, 0.6) is 0 Å². The Morgan fingerprint density at radius 2 is 1.92 bits per heavy atom. The molecule has 0 bridgehead atoms. The zero-order chi connectivity index (χ0) is 9.30. The summed E-state index contributed by atoms with van der Waals surface area (Å²) >= 11 is 4.53. The largest absolute Gasteiger partial charge is 0.267 e. The minimum absolute atomic E-state index is 0.107. The van der Waals surface area contributed by atoms with Gasteiger partial charge < -0.3 is 0 Å². The fraction of sp³-hybridized carbons (Fsp3) is 0.143. The van der Waals surface area contributed by atoms with E-state index in [0.717, 1.165) is 0 Å². The second-order valence-electron chi connectivity index (χ2n) is 2.06. The van der Waals surface area contributed by atoms with E-state index in [0.29, 0.717) is 0 Å². The van der Waals surface area contributed by atoms with Crippen LogP contribution in [-0.4, -0.2) is 0 Å². The van der Waals surface area contributed by atoms with Gasteiger partial charge in [0.05, 0.1) is 5.56 Å². The van der Waals surface area contributed by atoms with Gasteiger partial charge in [-0.15, -0.1) is 0 Å². The number of hydrogen-bond donors (Lipinski definition) is 0. The maximum Gasteiger partial charge on any atom is 0.267 e. The molecule has 1 aromatic rings. The highest BCUT2D eigenvalue weighted by Gasteiger charge is 2.18. The first-order valence-electron chi connectivity index (χ1n) is 2.95. The van der Waals surface area contributed by atoms with Gasteiger partial charge in [0.25, 0.3) is 6.43 Å². The molecule has 0 atom stereocenters. The summed E-state index contributed by atoms with van der Waals surface area (Å²) in [6.45, 7) is 0. The van der Waals surface area contributed by atoms with Crippen LogP contribution in [0.1, 0.15) is 12.0 Å². The molecule has 0 saturated heterocycles. The first-order chi connectivity index (χ1) is 5.54. The topological polar surface area (TPSA) is 0 Å². The number of alkyl halides is 2. The van der Waals surface area contributed by atoms with Crippen molar-refractivity contribution in [3.63, 3.8) is 0 Å². The van der Waals surface area contributed by atoms with E-state index in [9.17, 15) is 13.2 Å². The number of halogens is 5. The van der Waals surface area contributed by atoms with Gasteiger partial charge in [0.2, 0.25) is 0 Å². The fourth-order valence-corrected chi connectivity index (χ4v) is 1.69. The molecule has 0 saturated carbocycles. The van der Waals surface area contributed by atoms with Crippen molar-refractivity contribution in [3.05, 3.63) is 31.6 Å². The van der Waals surface area contributed by atoms with Crippen LogP contribution in [0.25, 0.3) is 0 Å². The van der Waals surface area contributed by atoms with Crippen molar-refractivity contribution in [2.24, 2.45) is 0 Å². The van der Waals surface area contributed by atoms with Gasteiger partial charge >= 0.3 is 0 Å². The van der Waals surface area contributed by atoms with Crippen LogP contribution in [-0.2, 0) is 0 Å². The molecule has 0 aromatic heterocycles. The van der Waals surface area contributed by atoms with Gasteiger partial charge in [-0.25, -0.2) is 13.2 Å². The van der Waals surface area contributed by atoms with Crippen molar-refractivity contribution in [3.8, 4) is 0 Å². The molecule has 0 aliphatic heterocycles. The van der Waals surface area contributed by atoms with Crippen molar-refractivity contribution in [1.82, 2.24) is 0 Å². The van der Waals surface area contributed by atoms with E-state index in [2.05, 4.69) is 15.9 Å². The van der Waals surface area contributed by atoms with Crippen LogP contribution >= 0.6 is 38.5 Å². The van der Waals surface area contributed by atoms with E-state index in [1.165, 1.54) is 12.1 Å². The number of benzene rings is 1. The maximum absolute atomic E-state index is 13.0. The van der Waals surface area contributed by atoms with E-state index in [1.807, 2.05) is 0 Å². The molecule has 5 heteroatoms. The second-order valence-corrected chi connectivity index (χ2v) is 4.07. The third-order valence-electron chi connectivity index (χ3n) is 1.30. The molecule has 0 radical (unpaired) electrons. The zero-order valence-corrected chi connectivity index (χ0v) is 9.37. The Bertz CT molecular complexity index is 301. The van der Waals surface area contributed by atoms with Crippen LogP contribution in [0.3, 0.4) is 0 Å². The van der Waals surface area contributed by atoms with E-state index in [-0.39, 0.29) is 8.04 Å². The molecule has 0 unspecified atom stereocenters. The third kappa shape index (κ3) is 1.93. The Morgan fingerprint density at radius 3 is 2.33 bits per heavy atom. The van der Waals surface area contributed by atoms with Gasteiger partial charge in [-0.2, -0.15) is 0 Å². The molecule has 0 fully saturated rings. The lowest BCUT2D eigenvalue weighted by Gasteiger charge is -2.05. The maximum atomic E-state index is 13.0. The smallest absolute Gasteiger partial charge is 0.205 e. The Labute approximate surface area is 89.4 Å². The Morgan fingerprint density at radius 1 is 1.33 bits per heavy atom. The van der Waals surface area contributed by atoms with Crippen molar-refractivity contribution in [2.45, 2.75) is 6.43 Å². The number of rotatable bonds is 1.